The van der Waals surface area contributed by atoms with Crippen LogP contribution in [0.1, 0.15) is 37.7 Å². The molecule has 0 N–H and O–H groups in total. The molecule has 20 heavy (non-hydrogen) atoms. The van der Waals surface area contributed by atoms with E-state index in [1.807, 2.05) is 35.2 Å². The Kier molecular flexibility index (Phi) is 4.05. The number of carbonyl (C=O) groups is 1. The number of hydrogen-bond acceptors (Lipinski definition) is 2. The third-order valence-electron chi connectivity index (χ3n) is 4.24. The quantitative estimate of drug-likeness (QED) is 0.763. The zero-order valence-electron chi connectivity index (χ0n) is 11.8. The summed E-state index contributed by atoms with van der Waals surface area (Å²) in [6.07, 6.45) is 5.85. The van der Waals surface area contributed by atoms with Crippen LogP contribution in [0.4, 0.5) is 4.79 Å². The Hall–Kier alpha value is -1.77. The Bertz CT molecular complexity index is 507. The van der Waals surface area contributed by atoms with Gasteiger partial charge in [-0.3, -0.25) is 0 Å². The van der Waals surface area contributed by atoms with E-state index in [1.54, 1.807) is 5.57 Å². The van der Waals surface area contributed by atoms with Crippen LogP contribution in [0.2, 0.25) is 0 Å². The van der Waals surface area contributed by atoms with Crippen molar-refractivity contribution in [3.05, 3.63) is 47.0 Å². The summed E-state index contributed by atoms with van der Waals surface area (Å²) in [5.41, 5.74) is 4.12. The molecular weight excluding hydrogens is 250 g/mol. The lowest BCUT2D eigenvalue weighted by atomic mass is 9.87. The number of carbonyl (C=O) groups excluding carboxylic acids is 1. The Morgan fingerprint density at radius 2 is 1.80 bits per heavy atom. The summed E-state index contributed by atoms with van der Waals surface area (Å²) in [4.78, 5) is 14.0. The van der Waals surface area contributed by atoms with E-state index in [1.165, 1.54) is 24.8 Å². The molecule has 0 unspecified atom stereocenters. The Labute approximate surface area is 120 Å². The molecule has 3 nitrogen and oxygen atoms in total. The predicted molar refractivity (Wildman–Crippen MR) is 78.3 cm³/mol. The maximum atomic E-state index is 12.1. The van der Waals surface area contributed by atoms with Crippen LogP contribution in [0.15, 0.2) is 41.5 Å². The number of ether oxygens (including phenoxy) is 1. The Morgan fingerprint density at radius 3 is 2.60 bits per heavy atom. The highest BCUT2D eigenvalue weighted by Gasteiger charge is 2.25. The van der Waals surface area contributed by atoms with Crippen molar-refractivity contribution in [2.45, 2.75) is 38.7 Å². The van der Waals surface area contributed by atoms with Crippen molar-refractivity contribution in [3.63, 3.8) is 0 Å². The van der Waals surface area contributed by atoms with Crippen LogP contribution < -0.4 is 0 Å². The fourth-order valence-corrected chi connectivity index (χ4v) is 3.07. The summed E-state index contributed by atoms with van der Waals surface area (Å²) in [5.74, 6) is 0. The zero-order chi connectivity index (χ0) is 13.8. The molecule has 1 aliphatic heterocycles. The molecule has 3 heteroatoms. The fraction of sp³-hybridized carbons (Fsp3) is 0.471. The van der Waals surface area contributed by atoms with Crippen LogP contribution in [0.3, 0.4) is 0 Å². The highest BCUT2D eigenvalue weighted by atomic mass is 16.6. The lowest BCUT2D eigenvalue weighted by Crippen LogP contribution is -2.38. The van der Waals surface area contributed by atoms with Gasteiger partial charge >= 0.3 is 6.09 Å². The van der Waals surface area contributed by atoms with Crippen molar-refractivity contribution in [2.24, 2.45) is 0 Å². The van der Waals surface area contributed by atoms with E-state index < -0.39 is 0 Å². The van der Waals surface area contributed by atoms with Gasteiger partial charge in [-0.15, -0.1) is 0 Å². The van der Waals surface area contributed by atoms with Gasteiger partial charge in [0.2, 0.25) is 0 Å². The average Bonchev–Trinajstić information content (AvgIpc) is 2.53. The molecular formula is C17H21NO2. The van der Waals surface area contributed by atoms with Gasteiger partial charge in [-0.1, -0.05) is 41.5 Å². The van der Waals surface area contributed by atoms with Gasteiger partial charge in [0.15, 0.2) is 0 Å². The van der Waals surface area contributed by atoms with E-state index in [4.69, 9.17) is 4.74 Å². The van der Waals surface area contributed by atoms with Gasteiger partial charge in [0, 0.05) is 13.1 Å². The van der Waals surface area contributed by atoms with Crippen LogP contribution in [-0.2, 0) is 11.3 Å². The van der Waals surface area contributed by atoms with Crippen molar-refractivity contribution in [2.75, 3.05) is 13.1 Å². The molecule has 0 saturated carbocycles. The van der Waals surface area contributed by atoms with E-state index in [2.05, 4.69) is 0 Å². The minimum absolute atomic E-state index is 0.175. The molecule has 1 heterocycles. The molecule has 0 aromatic heterocycles. The molecule has 0 radical (unpaired) electrons. The van der Waals surface area contributed by atoms with Crippen LogP contribution in [0.25, 0.3) is 0 Å². The highest BCUT2D eigenvalue weighted by Crippen LogP contribution is 2.31. The number of amides is 1. The van der Waals surface area contributed by atoms with E-state index in [0.717, 1.165) is 31.5 Å². The van der Waals surface area contributed by atoms with E-state index in [-0.39, 0.29) is 6.09 Å². The summed E-state index contributed by atoms with van der Waals surface area (Å²) in [7, 11) is 0. The Morgan fingerprint density at radius 1 is 1.05 bits per heavy atom. The molecule has 3 rings (SSSR count). The van der Waals surface area contributed by atoms with Gasteiger partial charge in [0.25, 0.3) is 0 Å². The van der Waals surface area contributed by atoms with E-state index in [9.17, 15) is 4.79 Å². The molecule has 1 aliphatic carbocycles. The SMILES string of the molecule is O=C(OCc1ccccc1)N1CCC2=C(CCCC2)C1. The van der Waals surface area contributed by atoms with Gasteiger partial charge in [0.1, 0.15) is 6.61 Å². The summed E-state index contributed by atoms with van der Waals surface area (Å²) in [6, 6.07) is 9.84. The van der Waals surface area contributed by atoms with Crippen molar-refractivity contribution >= 4 is 6.09 Å². The summed E-state index contributed by atoms with van der Waals surface area (Å²) < 4.78 is 5.41. The smallest absolute Gasteiger partial charge is 0.410 e. The Balaban J connectivity index is 1.55. The molecule has 1 aromatic rings. The van der Waals surface area contributed by atoms with E-state index >= 15 is 0 Å². The van der Waals surface area contributed by atoms with Crippen LogP contribution >= 0.6 is 0 Å². The largest absolute Gasteiger partial charge is 0.445 e. The third-order valence-corrected chi connectivity index (χ3v) is 4.24. The number of nitrogens with zero attached hydrogens (tertiary/aromatic N) is 1. The van der Waals surface area contributed by atoms with Crippen LogP contribution in [0.5, 0.6) is 0 Å². The van der Waals surface area contributed by atoms with Gasteiger partial charge in [0.05, 0.1) is 0 Å². The van der Waals surface area contributed by atoms with Crippen molar-refractivity contribution in [3.8, 4) is 0 Å². The number of hydrogen-bond donors (Lipinski definition) is 0. The molecule has 0 saturated heterocycles. The highest BCUT2D eigenvalue weighted by molar-refractivity contribution is 5.68. The molecule has 106 valence electrons. The molecule has 0 atom stereocenters. The summed E-state index contributed by atoms with van der Waals surface area (Å²) in [6.45, 7) is 1.96. The standard InChI is InChI=1S/C17H21NO2/c19-17(20-13-14-6-2-1-3-7-14)18-11-10-15-8-4-5-9-16(15)12-18/h1-3,6-7H,4-5,8-13H2. The predicted octanol–water partition coefficient (Wildman–Crippen LogP) is 3.90. The minimum atomic E-state index is -0.175. The van der Waals surface area contributed by atoms with Crippen molar-refractivity contribution in [1.82, 2.24) is 4.90 Å². The first-order valence-corrected chi connectivity index (χ1v) is 7.48. The monoisotopic (exact) mass is 271 g/mol. The average molecular weight is 271 g/mol. The number of benzene rings is 1. The van der Waals surface area contributed by atoms with Crippen LogP contribution in [-0.4, -0.2) is 24.1 Å². The summed E-state index contributed by atoms with van der Waals surface area (Å²) in [5, 5.41) is 0. The van der Waals surface area contributed by atoms with Crippen molar-refractivity contribution < 1.29 is 9.53 Å². The van der Waals surface area contributed by atoms with E-state index in [0.29, 0.717) is 6.61 Å². The van der Waals surface area contributed by atoms with Gasteiger partial charge in [-0.2, -0.15) is 0 Å². The maximum absolute atomic E-state index is 12.1. The second-order valence-corrected chi connectivity index (χ2v) is 5.63. The second kappa shape index (κ2) is 6.12. The molecule has 0 spiro atoms. The maximum Gasteiger partial charge on any atom is 0.410 e. The van der Waals surface area contributed by atoms with Crippen LogP contribution in [0, 0.1) is 0 Å². The molecule has 0 fully saturated rings. The molecule has 1 aromatic carbocycles. The van der Waals surface area contributed by atoms with Gasteiger partial charge in [-0.05, 0) is 37.7 Å². The third kappa shape index (κ3) is 3.03. The second-order valence-electron chi connectivity index (χ2n) is 5.63. The summed E-state index contributed by atoms with van der Waals surface area (Å²) >= 11 is 0. The zero-order valence-corrected chi connectivity index (χ0v) is 11.8. The number of rotatable bonds is 2. The first-order valence-electron chi connectivity index (χ1n) is 7.48. The van der Waals surface area contributed by atoms with Crippen molar-refractivity contribution in [1.29, 1.82) is 0 Å². The van der Waals surface area contributed by atoms with Gasteiger partial charge < -0.3 is 9.64 Å². The lowest BCUT2D eigenvalue weighted by molar-refractivity contribution is 0.0969. The molecule has 0 bridgehead atoms. The minimum Gasteiger partial charge on any atom is -0.445 e. The normalized spacial score (nSPS) is 18.7. The molecule has 2 aliphatic rings. The molecule has 1 amide bonds. The lowest BCUT2D eigenvalue weighted by Gasteiger charge is -2.32. The van der Waals surface area contributed by atoms with Gasteiger partial charge in [-0.25, -0.2) is 4.79 Å². The topological polar surface area (TPSA) is 29.5 Å². The first-order chi connectivity index (χ1) is 9.83. The fourth-order valence-electron chi connectivity index (χ4n) is 3.07. The first kappa shape index (κ1) is 13.2.